The van der Waals surface area contributed by atoms with Crippen molar-refractivity contribution in [2.24, 2.45) is 0 Å². The molecule has 0 saturated heterocycles. The summed E-state index contributed by atoms with van der Waals surface area (Å²) >= 11 is 1.85. The Bertz CT molecular complexity index is 681. The van der Waals surface area contributed by atoms with Gasteiger partial charge in [-0.05, 0) is 30.7 Å². The molecule has 0 amide bonds. The minimum absolute atomic E-state index is 0.300. The molecule has 3 rings (SSSR count). The Morgan fingerprint density at radius 2 is 2.10 bits per heavy atom. The molecule has 2 aromatic carbocycles. The molecule has 1 unspecified atom stereocenters. The number of hydrogen-bond acceptors (Lipinski definition) is 3. The molecular weight excluding hydrogens is 284 g/mol. The van der Waals surface area contributed by atoms with Gasteiger partial charge in [-0.25, -0.2) is 4.79 Å². The second kappa shape index (κ2) is 5.82. The van der Waals surface area contributed by atoms with Crippen LogP contribution in [0, 0.1) is 6.92 Å². The average Bonchev–Trinajstić information content (AvgIpc) is 2.89. The van der Waals surface area contributed by atoms with E-state index in [0.717, 1.165) is 5.75 Å². The van der Waals surface area contributed by atoms with Crippen LogP contribution in [-0.2, 0) is 0 Å². The molecule has 0 saturated carbocycles. The van der Waals surface area contributed by atoms with E-state index in [0.29, 0.717) is 29.4 Å². The Balaban J connectivity index is 1.75. The van der Waals surface area contributed by atoms with Crippen LogP contribution in [0.1, 0.15) is 27.4 Å². The number of ether oxygens (including phenoxy) is 1. The van der Waals surface area contributed by atoms with E-state index in [2.05, 4.69) is 18.2 Å². The molecule has 3 nitrogen and oxygen atoms in total. The van der Waals surface area contributed by atoms with Gasteiger partial charge in [0.05, 0.1) is 12.2 Å². The van der Waals surface area contributed by atoms with Crippen LogP contribution >= 0.6 is 11.8 Å². The van der Waals surface area contributed by atoms with Gasteiger partial charge in [-0.2, -0.15) is 0 Å². The fraction of sp³-hybridized carbons (Fsp3) is 0.235. The molecule has 1 N–H and O–H groups in total. The highest BCUT2D eigenvalue weighted by atomic mass is 32.2. The van der Waals surface area contributed by atoms with Crippen molar-refractivity contribution in [2.45, 2.75) is 17.7 Å². The molecule has 0 fully saturated rings. The second-order valence-electron chi connectivity index (χ2n) is 5.09. The maximum atomic E-state index is 11.1. The van der Waals surface area contributed by atoms with Crippen LogP contribution in [0.15, 0.2) is 47.4 Å². The zero-order valence-corrected chi connectivity index (χ0v) is 12.5. The Hall–Kier alpha value is -1.94. The Morgan fingerprint density at radius 1 is 1.29 bits per heavy atom. The van der Waals surface area contributed by atoms with Crippen LogP contribution in [0.4, 0.5) is 0 Å². The van der Waals surface area contributed by atoms with Gasteiger partial charge in [-0.1, -0.05) is 24.3 Å². The molecule has 2 aromatic rings. The maximum absolute atomic E-state index is 11.1. The van der Waals surface area contributed by atoms with E-state index in [1.165, 1.54) is 10.5 Å². The van der Waals surface area contributed by atoms with E-state index in [1.807, 2.05) is 23.9 Å². The summed E-state index contributed by atoms with van der Waals surface area (Å²) in [5.74, 6) is 1.11. The fourth-order valence-electron chi connectivity index (χ4n) is 2.56. The van der Waals surface area contributed by atoms with E-state index < -0.39 is 5.97 Å². The Morgan fingerprint density at radius 3 is 2.90 bits per heavy atom. The number of fused-ring (bicyclic) bond motifs is 1. The van der Waals surface area contributed by atoms with Gasteiger partial charge in [-0.3, -0.25) is 0 Å². The summed E-state index contributed by atoms with van der Waals surface area (Å²) in [5.41, 5.74) is 2.31. The maximum Gasteiger partial charge on any atom is 0.336 e. The lowest BCUT2D eigenvalue weighted by atomic mass is 10.0. The second-order valence-corrected chi connectivity index (χ2v) is 6.15. The molecule has 21 heavy (non-hydrogen) atoms. The van der Waals surface area contributed by atoms with E-state index >= 15 is 0 Å². The molecule has 0 bridgehead atoms. The van der Waals surface area contributed by atoms with E-state index in [1.54, 1.807) is 19.1 Å². The summed E-state index contributed by atoms with van der Waals surface area (Å²) in [6.07, 6.45) is 0. The number of aromatic carboxylic acids is 1. The third-order valence-corrected chi connectivity index (χ3v) is 5.01. The molecule has 4 heteroatoms. The van der Waals surface area contributed by atoms with Gasteiger partial charge in [0.2, 0.25) is 0 Å². The summed E-state index contributed by atoms with van der Waals surface area (Å²) in [7, 11) is 0. The van der Waals surface area contributed by atoms with E-state index in [4.69, 9.17) is 9.84 Å². The van der Waals surface area contributed by atoms with Crippen molar-refractivity contribution < 1.29 is 14.6 Å². The summed E-state index contributed by atoms with van der Waals surface area (Å²) in [4.78, 5) is 12.5. The lowest BCUT2D eigenvalue weighted by Crippen LogP contribution is -2.11. The number of carboxylic acid groups (broad SMARTS) is 1. The number of rotatable bonds is 4. The number of benzene rings is 2. The Labute approximate surface area is 127 Å². The molecule has 1 heterocycles. The van der Waals surface area contributed by atoms with Gasteiger partial charge >= 0.3 is 5.97 Å². The highest BCUT2D eigenvalue weighted by Gasteiger charge is 2.23. The van der Waals surface area contributed by atoms with Crippen LogP contribution in [0.25, 0.3) is 0 Å². The SMILES string of the molecule is Cc1c(OCC2CSc3ccccc32)cccc1C(=O)O. The van der Waals surface area contributed by atoms with Crippen molar-refractivity contribution in [3.05, 3.63) is 59.2 Å². The summed E-state index contributed by atoms with van der Waals surface area (Å²) in [5, 5.41) is 9.14. The predicted molar refractivity (Wildman–Crippen MR) is 83.5 cm³/mol. The molecule has 0 radical (unpaired) electrons. The van der Waals surface area contributed by atoms with Gasteiger partial charge in [0.15, 0.2) is 0 Å². The molecular formula is C17H16O3S. The predicted octanol–water partition coefficient (Wildman–Crippen LogP) is 3.96. The number of carbonyl (C=O) groups is 1. The van der Waals surface area contributed by atoms with Crippen LogP contribution in [0.3, 0.4) is 0 Å². The van der Waals surface area contributed by atoms with Crippen molar-refractivity contribution in [3.8, 4) is 5.75 Å². The first-order valence-electron chi connectivity index (χ1n) is 6.84. The number of carboxylic acids is 1. The molecule has 1 atom stereocenters. The molecule has 0 aromatic heterocycles. The van der Waals surface area contributed by atoms with Crippen LogP contribution in [0.2, 0.25) is 0 Å². The highest BCUT2D eigenvalue weighted by Crippen LogP contribution is 2.39. The van der Waals surface area contributed by atoms with E-state index in [-0.39, 0.29) is 0 Å². The van der Waals surface area contributed by atoms with Crippen molar-refractivity contribution in [1.82, 2.24) is 0 Å². The normalized spacial score (nSPS) is 16.5. The standard InChI is InChI=1S/C17H16O3S/c1-11-13(17(18)19)6-4-7-15(11)20-9-12-10-21-16-8-3-2-5-14(12)16/h2-8,12H,9-10H2,1H3,(H,18,19). The molecule has 108 valence electrons. The molecule has 0 spiro atoms. The average molecular weight is 300 g/mol. The topological polar surface area (TPSA) is 46.5 Å². The van der Waals surface area contributed by atoms with Gasteiger partial charge in [0.1, 0.15) is 5.75 Å². The van der Waals surface area contributed by atoms with Crippen molar-refractivity contribution >= 4 is 17.7 Å². The monoisotopic (exact) mass is 300 g/mol. The fourth-order valence-corrected chi connectivity index (χ4v) is 3.79. The molecule has 1 aliphatic heterocycles. The number of thioether (sulfide) groups is 1. The van der Waals surface area contributed by atoms with Gasteiger partial charge in [-0.15, -0.1) is 11.8 Å². The lowest BCUT2D eigenvalue weighted by molar-refractivity contribution is 0.0695. The largest absolute Gasteiger partial charge is 0.493 e. The van der Waals surface area contributed by atoms with Gasteiger partial charge in [0.25, 0.3) is 0 Å². The van der Waals surface area contributed by atoms with Crippen LogP contribution < -0.4 is 4.74 Å². The van der Waals surface area contributed by atoms with Gasteiger partial charge in [0, 0.05) is 22.1 Å². The third kappa shape index (κ3) is 2.76. The first-order chi connectivity index (χ1) is 10.2. The Kier molecular flexibility index (Phi) is 3.88. The minimum Gasteiger partial charge on any atom is -0.493 e. The first-order valence-corrected chi connectivity index (χ1v) is 7.83. The molecule has 1 aliphatic rings. The summed E-state index contributed by atoms with van der Waals surface area (Å²) in [6.45, 7) is 2.37. The van der Waals surface area contributed by atoms with Crippen molar-refractivity contribution in [3.63, 3.8) is 0 Å². The summed E-state index contributed by atoms with van der Waals surface area (Å²) in [6, 6.07) is 13.5. The van der Waals surface area contributed by atoms with Crippen molar-refractivity contribution in [1.29, 1.82) is 0 Å². The molecule has 0 aliphatic carbocycles. The zero-order valence-electron chi connectivity index (χ0n) is 11.7. The van der Waals surface area contributed by atoms with Crippen LogP contribution in [-0.4, -0.2) is 23.4 Å². The number of hydrogen-bond donors (Lipinski definition) is 1. The quantitative estimate of drug-likeness (QED) is 0.928. The lowest BCUT2D eigenvalue weighted by Gasteiger charge is -2.15. The summed E-state index contributed by atoms with van der Waals surface area (Å²) < 4.78 is 5.89. The minimum atomic E-state index is -0.917. The van der Waals surface area contributed by atoms with E-state index in [9.17, 15) is 4.79 Å². The third-order valence-electron chi connectivity index (χ3n) is 3.75. The van der Waals surface area contributed by atoms with Crippen molar-refractivity contribution in [2.75, 3.05) is 12.4 Å². The zero-order chi connectivity index (χ0) is 14.8. The van der Waals surface area contributed by atoms with Gasteiger partial charge < -0.3 is 9.84 Å². The van der Waals surface area contributed by atoms with Crippen LogP contribution in [0.5, 0.6) is 5.75 Å². The first kappa shape index (κ1) is 14.0. The highest BCUT2D eigenvalue weighted by molar-refractivity contribution is 7.99. The smallest absolute Gasteiger partial charge is 0.336 e.